The molecule has 0 radical (unpaired) electrons. The summed E-state index contributed by atoms with van der Waals surface area (Å²) in [5, 5.41) is 5.20. The maximum absolute atomic E-state index is 13.1. The predicted molar refractivity (Wildman–Crippen MR) is 115 cm³/mol. The quantitative estimate of drug-likeness (QED) is 0.527. The molecule has 0 aromatic carbocycles. The topological polar surface area (TPSA) is 124 Å². The summed E-state index contributed by atoms with van der Waals surface area (Å²) in [6.07, 6.45) is -0.998. The molecule has 0 aliphatic carbocycles. The Hall–Kier alpha value is -3.83. The minimum Gasteiger partial charge on any atom is -0.449 e. The molecule has 2 amide bonds. The number of amides is 2. The number of nitrogens with two attached hydrogens (primary N) is 1. The summed E-state index contributed by atoms with van der Waals surface area (Å²) in [6.45, 7) is 5.29. The van der Waals surface area contributed by atoms with Crippen LogP contribution in [0.4, 0.5) is 29.6 Å². The number of hydrogen-bond acceptors (Lipinski definition) is 6. The van der Waals surface area contributed by atoms with Crippen molar-refractivity contribution < 1.29 is 27.5 Å². The molecule has 33 heavy (non-hydrogen) atoms. The lowest BCUT2D eigenvalue weighted by Gasteiger charge is -2.19. The van der Waals surface area contributed by atoms with E-state index < -0.39 is 35.1 Å². The van der Waals surface area contributed by atoms with Gasteiger partial charge in [0.15, 0.2) is 5.82 Å². The van der Waals surface area contributed by atoms with Gasteiger partial charge in [-0.25, -0.2) is 14.8 Å². The Morgan fingerprint density at radius 1 is 1.15 bits per heavy atom. The first-order valence-electron chi connectivity index (χ1n) is 9.88. The highest BCUT2D eigenvalue weighted by molar-refractivity contribution is 5.90. The third-order valence-corrected chi connectivity index (χ3v) is 4.32. The molecule has 9 nitrogen and oxygen atoms in total. The van der Waals surface area contributed by atoms with E-state index in [4.69, 9.17) is 10.5 Å². The molecule has 0 saturated heterocycles. The van der Waals surface area contributed by atoms with Gasteiger partial charge in [0, 0.05) is 29.1 Å². The predicted octanol–water partition coefficient (Wildman–Crippen LogP) is 3.85. The van der Waals surface area contributed by atoms with Crippen molar-refractivity contribution in [3.63, 3.8) is 0 Å². The summed E-state index contributed by atoms with van der Waals surface area (Å²) in [4.78, 5) is 31.6. The number of alkyl halides is 3. The summed E-state index contributed by atoms with van der Waals surface area (Å²) >= 11 is 0. The molecule has 0 unspecified atom stereocenters. The first-order chi connectivity index (χ1) is 15.3. The first kappa shape index (κ1) is 23.8. The van der Waals surface area contributed by atoms with Gasteiger partial charge in [-0.2, -0.15) is 13.2 Å². The fraction of sp³-hybridized carbons (Fsp3) is 0.333. The number of hydrogen-bond donors (Lipinski definition) is 3. The van der Waals surface area contributed by atoms with Crippen LogP contribution in [0.15, 0.2) is 36.8 Å². The lowest BCUT2D eigenvalue weighted by molar-refractivity contribution is -0.137. The number of ether oxygens (including phenoxy) is 1. The van der Waals surface area contributed by atoms with Crippen LogP contribution in [0.25, 0.3) is 16.8 Å². The van der Waals surface area contributed by atoms with Crippen molar-refractivity contribution in [2.75, 3.05) is 17.7 Å². The summed E-state index contributed by atoms with van der Waals surface area (Å²) < 4.78 is 45.9. The largest absolute Gasteiger partial charge is 0.449 e. The van der Waals surface area contributed by atoms with Crippen molar-refractivity contribution >= 4 is 29.3 Å². The van der Waals surface area contributed by atoms with Crippen LogP contribution < -0.4 is 16.4 Å². The number of nitrogen functional groups attached to an aromatic ring is 1. The van der Waals surface area contributed by atoms with Crippen LogP contribution in [0.5, 0.6) is 0 Å². The van der Waals surface area contributed by atoms with Crippen molar-refractivity contribution in [2.24, 2.45) is 0 Å². The van der Waals surface area contributed by atoms with Gasteiger partial charge >= 0.3 is 12.3 Å². The lowest BCUT2D eigenvalue weighted by Crippen LogP contribution is -2.41. The van der Waals surface area contributed by atoms with Gasteiger partial charge in [0.2, 0.25) is 5.91 Å². The van der Waals surface area contributed by atoms with Crippen molar-refractivity contribution in [2.45, 2.75) is 38.9 Å². The number of pyridine rings is 2. The number of alkyl carbamates (subject to hydrolysis) is 1. The molecular formula is C21H23F3N6O3. The molecule has 0 bridgehead atoms. The average molecular weight is 464 g/mol. The van der Waals surface area contributed by atoms with Crippen LogP contribution in [0, 0.1) is 0 Å². The molecular weight excluding hydrogens is 441 g/mol. The zero-order valence-corrected chi connectivity index (χ0v) is 18.2. The van der Waals surface area contributed by atoms with Gasteiger partial charge < -0.3 is 25.5 Å². The van der Waals surface area contributed by atoms with Crippen LogP contribution in [0.1, 0.15) is 32.8 Å². The van der Waals surface area contributed by atoms with Gasteiger partial charge in [0.25, 0.3) is 0 Å². The molecule has 0 atom stereocenters. The number of anilines is 2. The van der Waals surface area contributed by atoms with Crippen LogP contribution in [-0.2, 0) is 15.7 Å². The molecule has 0 saturated carbocycles. The maximum Gasteiger partial charge on any atom is 0.419 e. The minimum absolute atomic E-state index is 0.0754. The standard InChI is InChI=1S/C21H23F3N6O3/c1-20(2,3)29-19(32)33-7-6-17(31)28-15-11-30-10-12(4-5-16(30)27-15)13-8-14(21(22,23)24)18(25)26-9-13/h4-5,8-11H,6-7H2,1-3H3,(H2,25,26)(H,28,31)(H,29,32). The van der Waals surface area contributed by atoms with Gasteiger partial charge in [-0.15, -0.1) is 0 Å². The molecule has 3 rings (SSSR count). The number of halogens is 3. The van der Waals surface area contributed by atoms with Gasteiger partial charge in [-0.05, 0) is 39.0 Å². The number of nitrogens with zero attached hydrogens (tertiary/aromatic N) is 3. The molecule has 3 heterocycles. The lowest BCUT2D eigenvalue weighted by atomic mass is 10.1. The van der Waals surface area contributed by atoms with E-state index in [1.165, 1.54) is 12.4 Å². The second kappa shape index (κ2) is 8.96. The average Bonchev–Trinajstić information content (AvgIpc) is 3.07. The molecule has 176 valence electrons. The van der Waals surface area contributed by atoms with E-state index in [1.54, 1.807) is 43.5 Å². The number of rotatable bonds is 5. The highest BCUT2D eigenvalue weighted by Gasteiger charge is 2.34. The number of nitrogens with one attached hydrogen (secondary N) is 2. The third-order valence-electron chi connectivity index (χ3n) is 4.32. The Morgan fingerprint density at radius 2 is 1.88 bits per heavy atom. The second-order valence-corrected chi connectivity index (χ2v) is 8.27. The smallest absolute Gasteiger partial charge is 0.419 e. The zero-order valence-electron chi connectivity index (χ0n) is 18.2. The van der Waals surface area contributed by atoms with Crippen LogP contribution >= 0.6 is 0 Å². The van der Waals surface area contributed by atoms with Crippen LogP contribution in [0.3, 0.4) is 0 Å². The number of carbonyl (C=O) groups is 2. The van der Waals surface area contributed by atoms with Gasteiger partial charge in [-0.3, -0.25) is 4.79 Å². The molecule has 0 spiro atoms. The van der Waals surface area contributed by atoms with Gasteiger partial charge in [-0.1, -0.05) is 0 Å². The Morgan fingerprint density at radius 3 is 2.55 bits per heavy atom. The second-order valence-electron chi connectivity index (χ2n) is 8.27. The molecule has 0 aliphatic rings. The van der Waals surface area contributed by atoms with E-state index in [9.17, 15) is 22.8 Å². The van der Waals surface area contributed by atoms with Crippen molar-refractivity contribution in [1.29, 1.82) is 0 Å². The van der Waals surface area contributed by atoms with Crippen molar-refractivity contribution in [3.05, 3.63) is 42.4 Å². The third kappa shape index (κ3) is 6.34. The number of carbonyl (C=O) groups excluding carboxylic acids is 2. The molecule has 12 heteroatoms. The maximum atomic E-state index is 13.1. The molecule has 3 aromatic heterocycles. The monoisotopic (exact) mass is 464 g/mol. The molecule has 0 fully saturated rings. The zero-order chi connectivity index (χ0) is 24.4. The number of aromatic nitrogens is 3. The van der Waals surface area contributed by atoms with E-state index in [0.717, 1.165) is 6.07 Å². The van der Waals surface area contributed by atoms with E-state index >= 15 is 0 Å². The minimum atomic E-state index is -4.62. The summed E-state index contributed by atoms with van der Waals surface area (Å²) in [7, 11) is 0. The highest BCUT2D eigenvalue weighted by atomic mass is 19.4. The van der Waals surface area contributed by atoms with Gasteiger partial charge in [0.1, 0.15) is 18.1 Å². The summed E-state index contributed by atoms with van der Waals surface area (Å²) in [6, 6.07) is 4.11. The fourth-order valence-corrected chi connectivity index (χ4v) is 2.87. The van der Waals surface area contributed by atoms with Crippen molar-refractivity contribution in [1.82, 2.24) is 19.7 Å². The Bertz CT molecular complexity index is 1180. The van der Waals surface area contributed by atoms with Crippen molar-refractivity contribution in [3.8, 4) is 11.1 Å². The van der Waals surface area contributed by atoms with Gasteiger partial charge in [0.05, 0.1) is 18.2 Å². The fourth-order valence-electron chi connectivity index (χ4n) is 2.87. The Labute approximate surface area is 187 Å². The molecule has 0 aliphatic heterocycles. The Balaban J connectivity index is 1.67. The van der Waals surface area contributed by atoms with E-state index in [2.05, 4.69) is 20.6 Å². The summed E-state index contributed by atoms with van der Waals surface area (Å²) in [5.74, 6) is -0.776. The Kier molecular flexibility index (Phi) is 6.47. The first-order valence-corrected chi connectivity index (χ1v) is 9.88. The molecule has 3 aromatic rings. The number of imidazole rings is 1. The van der Waals surface area contributed by atoms with Crippen LogP contribution in [-0.4, -0.2) is 38.5 Å². The normalized spacial score (nSPS) is 11.9. The van der Waals surface area contributed by atoms with Crippen LogP contribution in [0.2, 0.25) is 0 Å². The van der Waals surface area contributed by atoms with E-state index in [-0.39, 0.29) is 24.4 Å². The van der Waals surface area contributed by atoms with E-state index in [0.29, 0.717) is 11.2 Å². The SMILES string of the molecule is CC(C)(C)NC(=O)OCCC(=O)Nc1cn2cc(-c3cnc(N)c(C(F)(F)F)c3)ccc2n1. The number of fused-ring (bicyclic) bond motifs is 1. The highest BCUT2D eigenvalue weighted by Crippen LogP contribution is 2.35. The van der Waals surface area contributed by atoms with E-state index in [1.807, 2.05) is 0 Å². The summed E-state index contributed by atoms with van der Waals surface area (Å²) in [5.41, 5.74) is 5.03. The molecule has 4 N–H and O–H groups in total.